The van der Waals surface area contributed by atoms with Gasteiger partial charge in [0.25, 0.3) is 0 Å². The van der Waals surface area contributed by atoms with E-state index >= 15 is 0 Å². The summed E-state index contributed by atoms with van der Waals surface area (Å²) in [5.41, 5.74) is 2.40. The Morgan fingerprint density at radius 3 is 2.57 bits per heavy atom. The molecule has 0 radical (unpaired) electrons. The van der Waals surface area contributed by atoms with Crippen LogP contribution in [0.2, 0.25) is 0 Å². The second-order valence-electron chi connectivity index (χ2n) is 5.18. The second-order valence-corrected chi connectivity index (χ2v) is 6.10. The van der Waals surface area contributed by atoms with Gasteiger partial charge in [-0.1, -0.05) is 46.3 Å². The van der Waals surface area contributed by atoms with Crippen LogP contribution in [-0.2, 0) is 13.2 Å². The summed E-state index contributed by atoms with van der Waals surface area (Å²) >= 11 is 3.53. The molecule has 0 aliphatic heterocycles. The fourth-order valence-corrected chi connectivity index (χ4v) is 2.51. The molecule has 0 saturated heterocycles. The first-order valence-corrected chi connectivity index (χ1v) is 7.79. The van der Waals surface area contributed by atoms with Gasteiger partial charge in [-0.2, -0.15) is 0 Å². The van der Waals surface area contributed by atoms with Crippen LogP contribution >= 0.6 is 28.3 Å². The number of hydrogen-bond acceptors (Lipinski definition) is 2. The molecule has 0 aromatic heterocycles. The second kappa shape index (κ2) is 7.83. The van der Waals surface area contributed by atoms with Crippen LogP contribution in [0.5, 0.6) is 5.75 Å². The van der Waals surface area contributed by atoms with Gasteiger partial charge in [-0.25, -0.2) is 0 Å². The molecular formula is C17H19BrClNO. The maximum Gasteiger partial charge on any atom is 0.124 e. The molecule has 112 valence electrons. The molecule has 0 atom stereocenters. The van der Waals surface area contributed by atoms with Gasteiger partial charge in [0.05, 0.1) is 0 Å². The minimum Gasteiger partial charge on any atom is -0.489 e. The van der Waals surface area contributed by atoms with Crippen molar-refractivity contribution in [3.63, 3.8) is 0 Å². The summed E-state index contributed by atoms with van der Waals surface area (Å²) in [6.07, 6.45) is 2.60. The summed E-state index contributed by atoms with van der Waals surface area (Å²) in [4.78, 5) is 0. The summed E-state index contributed by atoms with van der Waals surface area (Å²) in [6, 6.07) is 17.2. The van der Waals surface area contributed by atoms with Crippen LogP contribution in [0, 0.1) is 0 Å². The standard InChI is InChI=1S/C17H18BrNO.ClH/c18-15-6-9-17(14(10-15)11-19-16-7-8-16)20-12-13-4-2-1-3-5-13;/h1-6,9-10,16,19H,7-8,11-12H2;1H. The number of benzene rings is 2. The Balaban J connectivity index is 0.00000161. The van der Waals surface area contributed by atoms with Crippen molar-refractivity contribution in [3.8, 4) is 5.75 Å². The van der Waals surface area contributed by atoms with E-state index in [1.54, 1.807) is 0 Å². The maximum absolute atomic E-state index is 5.97. The summed E-state index contributed by atoms with van der Waals surface area (Å²) in [5, 5.41) is 3.54. The molecule has 0 heterocycles. The molecule has 1 aliphatic carbocycles. The van der Waals surface area contributed by atoms with Crippen LogP contribution in [0.4, 0.5) is 0 Å². The van der Waals surface area contributed by atoms with Gasteiger partial charge in [0, 0.05) is 22.6 Å². The first-order valence-electron chi connectivity index (χ1n) is 7.00. The number of ether oxygens (including phenoxy) is 1. The molecule has 21 heavy (non-hydrogen) atoms. The molecule has 0 spiro atoms. The van der Waals surface area contributed by atoms with E-state index < -0.39 is 0 Å². The molecule has 4 heteroatoms. The first kappa shape index (κ1) is 16.3. The predicted octanol–water partition coefficient (Wildman–Crippen LogP) is 4.70. The highest BCUT2D eigenvalue weighted by Gasteiger charge is 2.20. The summed E-state index contributed by atoms with van der Waals surface area (Å²) < 4.78 is 7.06. The van der Waals surface area contributed by atoms with Gasteiger partial charge in [0.2, 0.25) is 0 Å². The minimum atomic E-state index is 0. The summed E-state index contributed by atoms with van der Waals surface area (Å²) in [7, 11) is 0. The zero-order chi connectivity index (χ0) is 13.8. The number of rotatable bonds is 6. The Morgan fingerprint density at radius 1 is 1.10 bits per heavy atom. The predicted molar refractivity (Wildman–Crippen MR) is 92.0 cm³/mol. The lowest BCUT2D eigenvalue weighted by Crippen LogP contribution is -2.16. The largest absolute Gasteiger partial charge is 0.489 e. The molecule has 1 fully saturated rings. The van der Waals surface area contributed by atoms with Crippen LogP contribution in [-0.4, -0.2) is 6.04 Å². The third-order valence-corrected chi connectivity index (χ3v) is 3.91. The molecule has 0 bridgehead atoms. The topological polar surface area (TPSA) is 21.3 Å². The Labute approximate surface area is 140 Å². The van der Waals surface area contributed by atoms with Crippen LogP contribution in [0.15, 0.2) is 53.0 Å². The molecule has 1 aliphatic rings. The van der Waals surface area contributed by atoms with E-state index in [1.165, 1.54) is 24.0 Å². The van der Waals surface area contributed by atoms with Gasteiger partial charge in [-0.05, 0) is 36.6 Å². The van der Waals surface area contributed by atoms with Crippen molar-refractivity contribution >= 4 is 28.3 Å². The van der Waals surface area contributed by atoms with Gasteiger partial charge in [0.1, 0.15) is 12.4 Å². The van der Waals surface area contributed by atoms with Crippen molar-refractivity contribution in [1.82, 2.24) is 5.32 Å². The van der Waals surface area contributed by atoms with E-state index in [0.29, 0.717) is 12.6 Å². The molecule has 2 aromatic rings. The number of halogens is 2. The van der Waals surface area contributed by atoms with Gasteiger partial charge >= 0.3 is 0 Å². The van der Waals surface area contributed by atoms with Gasteiger partial charge in [0.15, 0.2) is 0 Å². The Hall–Kier alpha value is -1.03. The number of nitrogens with one attached hydrogen (secondary N) is 1. The average Bonchev–Trinajstić information content (AvgIpc) is 3.29. The fourth-order valence-electron chi connectivity index (χ4n) is 2.10. The van der Waals surface area contributed by atoms with Gasteiger partial charge < -0.3 is 10.1 Å². The lowest BCUT2D eigenvalue weighted by Gasteiger charge is -2.13. The molecule has 2 nitrogen and oxygen atoms in total. The van der Waals surface area contributed by atoms with E-state index in [9.17, 15) is 0 Å². The Morgan fingerprint density at radius 2 is 1.86 bits per heavy atom. The molecular weight excluding hydrogens is 350 g/mol. The summed E-state index contributed by atoms with van der Waals surface area (Å²) in [6.45, 7) is 1.48. The monoisotopic (exact) mass is 367 g/mol. The van der Waals surface area contributed by atoms with Crippen molar-refractivity contribution in [2.75, 3.05) is 0 Å². The lowest BCUT2D eigenvalue weighted by molar-refractivity contribution is 0.302. The van der Waals surface area contributed by atoms with Crippen molar-refractivity contribution in [2.45, 2.75) is 32.0 Å². The highest BCUT2D eigenvalue weighted by molar-refractivity contribution is 9.10. The highest BCUT2D eigenvalue weighted by Crippen LogP contribution is 2.26. The molecule has 1 N–H and O–H groups in total. The van der Waals surface area contributed by atoms with Crippen LogP contribution in [0.3, 0.4) is 0 Å². The molecule has 0 unspecified atom stereocenters. The van der Waals surface area contributed by atoms with E-state index in [1.807, 2.05) is 30.3 Å². The third-order valence-electron chi connectivity index (χ3n) is 3.42. The zero-order valence-electron chi connectivity index (χ0n) is 11.7. The van der Waals surface area contributed by atoms with Gasteiger partial charge in [-0.15, -0.1) is 12.4 Å². The van der Waals surface area contributed by atoms with E-state index in [2.05, 4.69) is 39.4 Å². The fraction of sp³-hybridized carbons (Fsp3) is 0.294. The van der Waals surface area contributed by atoms with Crippen molar-refractivity contribution in [1.29, 1.82) is 0 Å². The van der Waals surface area contributed by atoms with Crippen LogP contribution in [0.25, 0.3) is 0 Å². The lowest BCUT2D eigenvalue weighted by atomic mass is 10.2. The van der Waals surface area contributed by atoms with Crippen LogP contribution in [0.1, 0.15) is 24.0 Å². The summed E-state index contributed by atoms with van der Waals surface area (Å²) in [5.74, 6) is 0.963. The normalized spacial score (nSPS) is 13.6. The van der Waals surface area contributed by atoms with Gasteiger partial charge in [-0.3, -0.25) is 0 Å². The Bertz CT molecular complexity index is 572. The van der Waals surface area contributed by atoms with E-state index in [0.717, 1.165) is 16.8 Å². The third kappa shape index (κ3) is 5.03. The smallest absolute Gasteiger partial charge is 0.124 e. The van der Waals surface area contributed by atoms with Crippen molar-refractivity contribution in [3.05, 3.63) is 64.1 Å². The number of hydrogen-bond donors (Lipinski definition) is 1. The SMILES string of the molecule is Brc1ccc(OCc2ccccc2)c(CNC2CC2)c1.Cl. The average molecular weight is 369 g/mol. The quantitative estimate of drug-likeness (QED) is 0.798. The molecule has 1 saturated carbocycles. The van der Waals surface area contributed by atoms with E-state index in [-0.39, 0.29) is 12.4 Å². The first-order chi connectivity index (χ1) is 9.81. The maximum atomic E-state index is 5.97. The van der Waals surface area contributed by atoms with E-state index in [4.69, 9.17) is 4.74 Å². The Kier molecular flexibility index (Phi) is 6.09. The molecule has 0 amide bonds. The van der Waals surface area contributed by atoms with Crippen molar-refractivity contribution < 1.29 is 4.74 Å². The van der Waals surface area contributed by atoms with Crippen molar-refractivity contribution in [2.24, 2.45) is 0 Å². The highest BCUT2D eigenvalue weighted by atomic mass is 79.9. The molecule has 2 aromatic carbocycles. The minimum absolute atomic E-state index is 0. The molecule has 3 rings (SSSR count). The van der Waals surface area contributed by atoms with Crippen LogP contribution < -0.4 is 10.1 Å². The zero-order valence-corrected chi connectivity index (χ0v) is 14.1.